The van der Waals surface area contributed by atoms with Crippen molar-refractivity contribution in [2.24, 2.45) is 7.05 Å². The third-order valence-electron chi connectivity index (χ3n) is 2.37. The summed E-state index contributed by atoms with van der Waals surface area (Å²) < 4.78 is 3.73. The Bertz CT molecular complexity index is 610. The van der Waals surface area contributed by atoms with Gasteiger partial charge in [0, 0.05) is 13.1 Å². The van der Waals surface area contributed by atoms with Crippen LogP contribution in [0.15, 0.2) is 36.1 Å². The molecule has 1 N–H and O–H groups in total. The lowest BCUT2D eigenvalue weighted by molar-refractivity contribution is -0.512. The first kappa shape index (κ1) is 10.3. The number of hydrogen-bond donors (Lipinski definition) is 1. The Hall–Kier alpha value is -1.89. The molecule has 0 atom stereocenters. The summed E-state index contributed by atoms with van der Waals surface area (Å²) in [5.41, 5.74) is 1.11. The van der Waals surface area contributed by atoms with Crippen LogP contribution in [0.25, 0.3) is 5.78 Å². The smallest absolute Gasteiger partial charge is 0.244 e. The molecule has 3 aromatic rings. The van der Waals surface area contributed by atoms with Crippen LogP contribution >= 0.6 is 11.8 Å². The van der Waals surface area contributed by atoms with Crippen molar-refractivity contribution in [2.45, 2.75) is 10.9 Å². The molecule has 0 amide bonds. The van der Waals surface area contributed by atoms with E-state index in [4.69, 9.17) is 0 Å². The number of nitrogens with one attached hydrogen (secondary N) is 1. The predicted octanol–water partition coefficient (Wildman–Crippen LogP) is 0.569. The molecule has 7 heteroatoms. The molecule has 0 aliphatic heterocycles. The Morgan fingerprint density at radius 1 is 1.47 bits per heavy atom. The lowest BCUT2D eigenvalue weighted by Gasteiger charge is -1.95. The number of rotatable bonds is 3. The molecule has 0 saturated heterocycles. The van der Waals surface area contributed by atoms with E-state index in [-0.39, 0.29) is 0 Å². The summed E-state index contributed by atoms with van der Waals surface area (Å²) in [6.45, 7) is 0. The number of aromatic nitrogens is 6. The molecule has 17 heavy (non-hydrogen) atoms. The number of thioether (sulfide) groups is 1. The Kier molecular flexibility index (Phi) is 2.52. The number of fused-ring (bicyclic) bond motifs is 1. The van der Waals surface area contributed by atoms with Crippen LogP contribution in [-0.2, 0) is 12.8 Å². The van der Waals surface area contributed by atoms with Gasteiger partial charge in [-0.15, -0.1) is 0 Å². The maximum atomic E-state index is 4.23. The quantitative estimate of drug-likeness (QED) is 0.543. The highest BCUT2D eigenvalue weighted by atomic mass is 32.2. The first-order chi connectivity index (χ1) is 8.33. The van der Waals surface area contributed by atoms with Gasteiger partial charge in [0.2, 0.25) is 0 Å². The molecular weight excluding hydrogens is 236 g/mol. The predicted molar refractivity (Wildman–Crippen MR) is 62.3 cm³/mol. The average molecular weight is 247 g/mol. The Labute approximate surface area is 102 Å². The third-order valence-corrected chi connectivity index (χ3v) is 3.45. The van der Waals surface area contributed by atoms with Crippen molar-refractivity contribution in [3.8, 4) is 0 Å². The van der Waals surface area contributed by atoms with Gasteiger partial charge in [-0.3, -0.25) is 0 Å². The maximum Gasteiger partial charge on any atom is 0.400 e. The van der Waals surface area contributed by atoms with Crippen LogP contribution in [0.4, 0.5) is 0 Å². The van der Waals surface area contributed by atoms with Crippen LogP contribution in [-0.4, -0.2) is 24.7 Å². The lowest BCUT2D eigenvalue weighted by atomic mass is 10.6. The Morgan fingerprint density at radius 3 is 3.18 bits per heavy atom. The topological polar surface area (TPSA) is 63.5 Å². The van der Waals surface area contributed by atoms with Gasteiger partial charge in [0.1, 0.15) is 24.4 Å². The zero-order valence-electron chi connectivity index (χ0n) is 9.24. The second-order valence-electron chi connectivity index (χ2n) is 3.58. The molecule has 0 aliphatic rings. The molecule has 0 fully saturated rings. The van der Waals surface area contributed by atoms with E-state index < -0.39 is 0 Å². The number of imidazole rings is 1. The molecule has 0 aliphatic carbocycles. The van der Waals surface area contributed by atoms with Crippen LogP contribution in [0.3, 0.4) is 0 Å². The fourth-order valence-corrected chi connectivity index (χ4v) is 2.35. The molecule has 86 valence electrons. The van der Waals surface area contributed by atoms with Gasteiger partial charge >= 0.3 is 5.78 Å². The lowest BCUT2D eigenvalue weighted by Crippen LogP contribution is -2.17. The first-order valence-electron chi connectivity index (χ1n) is 5.13. The summed E-state index contributed by atoms with van der Waals surface area (Å²) >= 11 is 1.64. The van der Waals surface area contributed by atoms with E-state index in [2.05, 4.69) is 20.1 Å². The van der Waals surface area contributed by atoms with Crippen molar-refractivity contribution in [3.63, 3.8) is 0 Å². The molecule has 0 spiro atoms. The monoisotopic (exact) mass is 247 g/mol. The van der Waals surface area contributed by atoms with E-state index in [9.17, 15) is 0 Å². The fraction of sp³-hybridized carbons (Fsp3) is 0.200. The van der Waals surface area contributed by atoms with E-state index in [0.717, 1.165) is 22.4 Å². The third kappa shape index (κ3) is 2.01. The summed E-state index contributed by atoms with van der Waals surface area (Å²) in [6.07, 6.45) is 7.33. The molecular formula is C10H11N6S+. The summed E-state index contributed by atoms with van der Waals surface area (Å²) in [7, 11) is 1.89. The second-order valence-corrected chi connectivity index (χ2v) is 4.53. The minimum absolute atomic E-state index is 0.815. The summed E-state index contributed by atoms with van der Waals surface area (Å²) in [4.78, 5) is 11.6. The summed E-state index contributed by atoms with van der Waals surface area (Å²) in [5, 5.41) is 4.93. The molecule has 3 heterocycles. The number of aryl methyl sites for hydroxylation is 1. The molecule has 0 radical (unpaired) electrons. The molecule has 0 aromatic carbocycles. The number of H-pyrrole nitrogens is 1. The van der Waals surface area contributed by atoms with Crippen LogP contribution in [0, 0.1) is 0 Å². The van der Waals surface area contributed by atoms with Gasteiger partial charge in [-0.2, -0.15) is 5.10 Å². The fourth-order valence-electron chi connectivity index (χ4n) is 1.56. The summed E-state index contributed by atoms with van der Waals surface area (Å²) in [6, 6.07) is 1.90. The zero-order chi connectivity index (χ0) is 11.7. The standard InChI is InChI=1S/C10H10N6S/c1-15-10(12-7-13-15)17-6-8-5-16-4-2-3-11-9(16)14-8/h2-5,7H,6H2,1H3/p+1. The number of nitrogens with zero attached hydrogens (tertiary/aromatic N) is 5. The normalized spacial score (nSPS) is 11.1. The minimum Gasteiger partial charge on any atom is -0.244 e. The van der Waals surface area contributed by atoms with Crippen molar-refractivity contribution in [1.82, 2.24) is 24.7 Å². The van der Waals surface area contributed by atoms with Gasteiger partial charge in [0.15, 0.2) is 5.16 Å². The highest BCUT2D eigenvalue weighted by molar-refractivity contribution is 7.98. The highest BCUT2D eigenvalue weighted by Gasteiger charge is 2.09. The van der Waals surface area contributed by atoms with E-state index in [1.807, 2.05) is 29.9 Å². The van der Waals surface area contributed by atoms with Crippen LogP contribution in [0.5, 0.6) is 0 Å². The maximum absolute atomic E-state index is 4.23. The SMILES string of the molecule is Cn1ncnc1SCc1c[n+]2cccnc2[nH]1. The molecule has 0 unspecified atom stereocenters. The van der Waals surface area contributed by atoms with Gasteiger partial charge in [0.05, 0.1) is 11.9 Å². The molecule has 3 aromatic heterocycles. The second kappa shape index (κ2) is 4.17. The van der Waals surface area contributed by atoms with Crippen LogP contribution < -0.4 is 4.40 Å². The van der Waals surface area contributed by atoms with Gasteiger partial charge in [-0.1, -0.05) is 16.7 Å². The van der Waals surface area contributed by atoms with E-state index in [0.29, 0.717) is 0 Å². The number of hydrogen-bond acceptors (Lipinski definition) is 4. The van der Waals surface area contributed by atoms with E-state index >= 15 is 0 Å². The molecule has 0 bridgehead atoms. The molecule has 6 nitrogen and oxygen atoms in total. The zero-order valence-corrected chi connectivity index (χ0v) is 10.1. The average Bonchev–Trinajstić information content (AvgIpc) is 2.92. The van der Waals surface area contributed by atoms with E-state index in [1.54, 1.807) is 29.0 Å². The van der Waals surface area contributed by atoms with Gasteiger partial charge in [-0.25, -0.2) is 19.1 Å². The van der Waals surface area contributed by atoms with Gasteiger partial charge < -0.3 is 0 Å². The minimum atomic E-state index is 0.815. The van der Waals surface area contributed by atoms with Crippen molar-refractivity contribution >= 4 is 17.5 Å². The van der Waals surface area contributed by atoms with E-state index in [1.165, 1.54) is 0 Å². The van der Waals surface area contributed by atoms with Crippen molar-refractivity contribution < 1.29 is 4.40 Å². The molecule has 3 rings (SSSR count). The first-order valence-corrected chi connectivity index (χ1v) is 6.12. The Balaban J connectivity index is 1.79. The van der Waals surface area contributed by atoms with Crippen molar-refractivity contribution in [2.75, 3.05) is 0 Å². The number of aromatic amines is 1. The van der Waals surface area contributed by atoms with Crippen molar-refractivity contribution in [3.05, 3.63) is 36.7 Å². The Morgan fingerprint density at radius 2 is 2.41 bits per heavy atom. The van der Waals surface area contributed by atoms with Crippen LogP contribution in [0.1, 0.15) is 5.69 Å². The van der Waals surface area contributed by atoms with Gasteiger partial charge in [0.25, 0.3) is 0 Å². The van der Waals surface area contributed by atoms with Crippen molar-refractivity contribution in [1.29, 1.82) is 0 Å². The largest absolute Gasteiger partial charge is 0.400 e. The summed E-state index contributed by atoms with van der Waals surface area (Å²) in [5.74, 6) is 1.66. The van der Waals surface area contributed by atoms with Crippen LogP contribution in [0.2, 0.25) is 0 Å². The van der Waals surface area contributed by atoms with Gasteiger partial charge in [-0.05, 0) is 0 Å². The highest BCUT2D eigenvalue weighted by Crippen LogP contribution is 2.17. The molecule has 0 saturated carbocycles.